The van der Waals surface area contributed by atoms with Gasteiger partial charge in [0.15, 0.2) is 0 Å². The SMILES string of the molecule is COc1ccccc1NC(=O)c1ccc(NC(=O)CN2CCCC2CN2CCCC2)cc1. The van der Waals surface area contributed by atoms with Crippen LogP contribution in [0.4, 0.5) is 11.4 Å². The van der Waals surface area contributed by atoms with Crippen molar-refractivity contribution < 1.29 is 14.3 Å². The maximum absolute atomic E-state index is 12.6. The van der Waals surface area contributed by atoms with Crippen LogP contribution in [0.1, 0.15) is 36.0 Å². The van der Waals surface area contributed by atoms with E-state index in [4.69, 9.17) is 4.74 Å². The summed E-state index contributed by atoms with van der Waals surface area (Å²) in [7, 11) is 1.57. The van der Waals surface area contributed by atoms with Crippen LogP contribution in [0.15, 0.2) is 48.5 Å². The number of carbonyl (C=O) groups is 2. The quantitative estimate of drug-likeness (QED) is 0.663. The van der Waals surface area contributed by atoms with Crippen molar-refractivity contribution in [1.29, 1.82) is 0 Å². The van der Waals surface area contributed by atoms with Crippen LogP contribution in [0.25, 0.3) is 0 Å². The Balaban J connectivity index is 1.29. The summed E-state index contributed by atoms with van der Waals surface area (Å²) in [6.45, 7) is 4.84. The molecular formula is C25H32N4O3. The van der Waals surface area contributed by atoms with E-state index in [0.717, 1.165) is 19.5 Å². The number of anilines is 2. The van der Waals surface area contributed by atoms with Gasteiger partial charge in [-0.1, -0.05) is 12.1 Å². The highest BCUT2D eigenvalue weighted by Crippen LogP contribution is 2.24. The molecule has 0 saturated carbocycles. The second-order valence-corrected chi connectivity index (χ2v) is 8.55. The summed E-state index contributed by atoms with van der Waals surface area (Å²) in [5.74, 6) is 0.369. The Morgan fingerprint density at radius 1 is 0.969 bits per heavy atom. The maximum Gasteiger partial charge on any atom is 0.255 e. The molecule has 2 aliphatic heterocycles. The number of carbonyl (C=O) groups excluding carboxylic acids is 2. The zero-order chi connectivity index (χ0) is 22.3. The molecule has 0 radical (unpaired) electrons. The number of ether oxygens (including phenoxy) is 1. The average molecular weight is 437 g/mol. The van der Waals surface area contributed by atoms with Gasteiger partial charge in [-0.2, -0.15) is 0 Å². The number of likely N-dealkylation sites (tertiary alicyclic amines) is 2. The normalized spacial score (nSPS) is 19.1. The number of amides is 2. The van der Waals surface area contributed by atoms with E-state index in [1.54, 1.807) is 43.5 Å². The molecule has 7 nitrogen and oxygen atoms in total. The molecule has 2 amide bonds. The third-order valence-corrected chi connectivity index (χ3v) is 6.30. The van der Waals surface area contributed by atoms with Gasteiger partial charge in [0.1, 0.15) is 5.75 Å². The molecule has 2 aliphatic rings. The molecule has 2 fully saturated rings. The topological polar surface area (TPSA) is 73.9 Å². The molecular weight excluding hydrogens is 404 g/mol. The van der Waals surface area contributed by atoms with Crippen LogP contribution in [0.2, 0.25) is 0 Å². The van der Waals surface area contributed by atoms with E-state index in [9.17, 15) is 9.59 Å². The summed E-state index contributed by atoms with van der Waals surface area (Å²) in [4.78, 5) is 30.0. The van der Waals surface area contributed by atoms with Gasteiger partial charge in [-0.3, -0.25) is 14.5 Å². The Kier molecular flexibility index (Phi) is 7.39. The van der Waals surface area contributed by atoms with E-state index in [-0.39, 0.29) is 11.8 Å². The van der Waals surface area contributed by atoms with Crippen molar-refractivity contribution in [3.8, 4) is 5.75 Å². The molecule has 7 heteroatoms. The predicted molar refractivity (Wildman–Crippen MR) is 126 cm³/mol. The Hall–Kier alpha value is -2.90. The molecule has 32 heavy (non-hydrogen) atoms. The van der Waals surface area contributed by atoms with Crippen LogP contribution in [-0.4, -0.2) is 67.5 Å². The fourth-order valence-electron chi connectivity index (χ4n) is 4.61. The summed E-state index contributed by atoms with van der Waals surface area (Å²) >= 11 is 0. The van der Waals surface area contributed by atoms with E-state index >= 15 is 0 Å². The summed E-state index contributed by atoms with van der Waals surface area (Å²) in [5, 5.41) is 5.83. The molecule has 2 N–H and O–H groups in total. The Morgan fingerprint density at radius 2 is 1.72 bits per heavy atom. The summed E-state index contributed by atoms with van der Waals surface area (Å²) in [5.41, 5.74) is 1.82. The maximum atomic E-state index is 12.6. The summed E-state index contributed by atoms with van der Waals surface area (Å²) in [6.07, 6.45) is 4.90. The van der Waals surface area contributed by atoms with Crippen molar-refractivity contribution in [2.24, 2.45) is 0 Å². The minimum absolute atomic E-state index is 0.00968. The van der Waals surface area contributed by atoms with Crippen LogP contribution >= 0.6 is 0 Å². The Morgan fingerprint density at radius 3 is 2.47 bits per heavy atom. The van der Waals surface area contributed by atoms with Crippen molar-refractivity contribution >= 4 is 23.2 Å². The largest absolute Gasteiger partial charge is 0.495 e. The van der Waals surface area contributed by atoms with Gasteiger partial charge in [0, 0.05) is 23.8 Å². The summed E-state index contributed by atoms with van der Waals surface area (Å²) < 4.78 is 5.28. The van der Waals surface area contributed by atoms with Gasteiger partial charge in [0.25, 0.3) is 5.91 Å². The van der Waals surface area contributed by atoms with Gasteiger partial charge in [0.2, 0.25) is 5.91 Å². The zero-order valence-corrected chi connectivity index (χ0v) is 18.7. The number of hydrogen-bond acceptors (Lipinski definition) is 5. The van der Waals surface area contributed by atoms with Gasteiger partial charge in [-0.05, 0) is 81.7 Å². The number of para-hydroxylation sites is 2. The number of rotatable bonds is 8. The highest BCUT2D eigenvalue weighted by atomic mass is 16.5. The predicted octanol–water partition coefficient (Wildman–Crippen LogP) is 3.45. The van der Waals surface area contributed by atoms with E-state index < -0.39 is 0 Å². The van der Waals surface area contributed by atoms with Crippen molar-refractivity contribution in [3.05, 3.63) is 54.1 Å². The molecule has 2 aromatic rings. The van der Waals surface area contributed by atoms with Crippen molar-refractivity contribution in [1.82, 2.24) is 9.80 Å². The highest BCUT2D eigenvalue weighted by Gasteiger charge is 2.28. The first kappa shape index (κ1) is 22.3. The molecule has 1 unspecified atom stereocenters. The first-order valence-electron chi connectivity index (χ1n) is 11.4. The van der Waals surface area contributed by atoms with E-state index in [2.05, 4.69) is 20.4 Å². The molecule has 0 bridgehead atoms. The molecule has 0 aliphatic carbocycles. The van der Waals surface area contributed by atoms with Crippen LogP contribution in [0, 0.1) is 0 Å². The van der Waals surface area contributed by atoms with E-state index in [0.29, 0.717) is 35.3 Å². The van der Waals surface area contributed by atoms with Gasteiger partial charge in [-0.15, -0.1) is 0 Å². The molecule has 2 saturated heterocycles. The lowest BCUT2D eigenvalue weighted by Crippen LogP contribution is -2.42. The fraction of sp³-hybridized carbons (Fsp3) is 0.440. The number of hydrogen-bond donors (Lipinski definition) is 2. The molecule has 1 atom stereocenters. The van der Waals surface area contributed by atoms with Crippen molar-refractivity contribution in [2.75, 3.05) is 50.5 Å². The van der Waals surface area contributed by atoms with Crippen LogP contribution < -0.4 is 15.4 Å². The molecule has 170 valence electrons. The number of methoxy groups -OCH3 is 1. The lowest BCUT2D eigenvalue weighted by Gasteiger charge is -2.27. The fourth-order valence-corrected chi connectivity index (χ4v) is 4.61. The smallest absolute Gasteiger partial charge is 0.255 e. The van der Waals surface area contributed by atoms with Crippen LogP contribution in [0.5, 0.6) is 5.75 Å². The molecule has 4 rings (SSSR count). The lowest BCUT2D eigenvalue weighted by atomic mass is 10.2. The third-order valence-electron chi connectivity index (χ3n) is 6.30. The zero-order valence-electron chi connectivity index (χ0n) is 18.7. The average Bonchev–Trinajstić information content (AvgIpc) is 3.47. The first-order valence-corrected chi connectivity index (χ1v) is 11.4. The Labute approximate surface area is 189 Å². The van der Waals surface area contributed by atoms with E-state index in [1.807, 2.05) is 12.1 Å². The van der Waals surface area contributed by atoms with E-state index in [1.165, 1.54) is 32.4 Å². The van der Waals surface area contributed by atoms with Gasteiger partial charge in [-0.25, -0.2) is 0 Å². The summed E-state index contributed by atoms with van der Waals surface area (Å²) in [6, 6.07) is 14.7. The van der Waals surface area contributed by atoms with Crippen LogP contribution in [-0.2, 0) is 4.79 Å². The standard InChI is InChI=1S/C25H32N4O3/c1-32-23-9-3-2-8-22(23)27-25(31)19-10-12-20(13-11-19)26-24(30)18-29-16-6-7-21(29)17-28-14-4-5-15-28/h2-3,8-13,21H,4-7,14-18H2,1H3,(H,26,30)(H,27,31). The number of nitrogens with zero attached hydrogens (tertiary/aromatic N) is 2. The molecule has 0 spiro atoms. The van der Waals surface area contributed by atoms with Crippen LogP contribution in [0.3, 0.4) is 0 Å². The second kappa shape index (κ2) is 10.6. The van der Waals surface area contributed by atoms with Crippen molar-refractivity contribution in [3.63, 3.8) is 0 Å². The minimum atomic E-state index is -0.228. The molecule has 0 aromatic heterocycles. The molecule has 2 heterocycles. The number of nitrogens with one attached hydrogen (secondary N) is 2. The highest BCUT2D eigenvalue weighted by molar-refractivity contribution is 6.05. The molecule has 2 aromatic carbocycles. The van der Waals surface area contributed by atoms with Crippen molar-refractivity contribution in [2.45, 2.75) is 31.7 Å². The lowest BCUT2D eigenvalue weighted by molar-refractivity contribution is -0.117. The monoisotopic (exact) mass is 436 g/mol. The number of benzene rings is 2. The van der Waals surface area contributed by atoms with Gasteiger partial charge < -0.3 is 20.3 Å². The minimum Gasteiger partial charge on any atom is -0.495 e. The third kappa shape index (κ3) is 5.66. The Bertz CT molecular complexity index is 925. The van der Waals surface area contributed by atoms with Gasteiger partial charge >= 0.3 is 0 Å². The first-order chi connectivity index (χ1) is 15.6. The second-order valence-electron chi connectivity index (χ2n) is 8.55. The van der Waals surface area contributed by atoms with Gasteiger partial charge in [0.05, 0.1) is 19.3 Å².